The molecule has 27 heavy (non-hydrogen) atoms. The summed E-state index contributed by atoms with van der Waals surface area (Å²) in [5.41, 5.74) is 0.859. The number of nitrogens with one attached hydrogen (secondary N) is 1. The highest BCUT2D eigenvalue weighted by molar-refractivity contribution is 7.70. The van der Waals surface area contributed by atoms with Crippen LogP contribution in [0.15, 0.2) is 42.9 Å². The third-order valence-corrected chi connectivity index (χ3v) is 4.46. The van der Waals surface area contributed by atoms with Crippen LogP contribution in [0, 0.1) is 11.6 Å². The normalized spacial score (nSPS) is 11.2. The van der Waals surface area contributed by atoms with Crippen LogP contribution in [-0.2, 0) is 17.3 Å². The van der Waals surface area contributed by atoms with E-state index < -0.39 is 28.3 Å². The summed E-state index contributed by atoms with van der Waals surface area (Å²) in [5, 5.41) is 0.609. The Kier molecular flexibility index (Phi) is 5.82. The van der Waals surface area contributed by atoms with Gasteiger partial charge in [-0.05, 0) is 48.7 Å². The molecule has 0 aliphatic heterocycles. The fourth-order valence-corrected chi connectivity index (χ4v) is 3.04. The molecule has 1 aromatic heterocycles. The molecular formula is C18H15F2N3O3S. The van der Waals surface area contributed by atoms with E-state index in [9.17, 15) is 22.0 Å². The maximum atomic E-state index is 14.2. The van der Waals surface area contributed by atoms with Crippen LogP contribution < -0.4 is 4.72 Å². The zero-order valence-corrected chi connectivity index (χ0v) is 14.9. The number of ketones is 1. The Morgan fingerprint density at radius 3 is 2.74 bits per heavy atom. The van der Waals surface area contributed by atoms with Crippen molar-refractivity contribution in [3.05, 3.63) is 71.2 Å². The maximum Gasteiger partial charge on any atom is 0.201 e. The Morgan fingerprint density at radius 2 is 1.96 bits per heavy atom. The lowest BCUT2D eigenvalue weighted by atomic mass is 9.98. The number of thiol groups is 1. The highest BCUT2D eigenvalue weighted by Gasteiger charge is 2.19. The molecule has 0 saturated heterocycles. The zero-order chi connectivity index (χ0) is 19.4. The molecule has 0 fully saturated rings. The molecule has 2 aromatic carbocycles. The first-order chi connectivity index (χ1) is 13.0. The average molecular weight is 391 g/mol. The first-order valence-corrected chi connectivity index (χ1v) is 9.24. The molecule has 0 amide bonds. The molecule has 1 N–H and O–H groups in total. The molecule has 0 spiro atoms. The van der Waals surface area contributed by atoms with Crippen molar-refractivity contribution >= 4 is 27.6 Å². The van der Waals surface area contributed by atoms with Crippen molar-refractivity contribution < 1.29 is 22.0 Å². The van der Waals surface area contributed by atoms with Crippen molar-refractivity contribution in [2.75, 3.05) is 6.54 Å². The highest BCUT2D eigenvalue weighted by Crippen LogP contribution is 2.21. The van der Waals surface area contributed by atoms with Gasteiger partial charge in [-0.25, -0.2) is 31.9 Å². The molecule has 140 valence electrons. The number of carbonyl (C=O) groups excluding carboxylic acids is 1. The number of aromatic nitrogens is 2. The minimum Gasteiger partial charge on any atom is -0.288 e. The molecule has 0 bridgehead atoms. The molecule has 0 aliphatic carbocycles. The largest absolute Gasteiger partial charge is 0.288 e. The first kappa shape index (κ1) is 19.0. The number of fused-ring (bicyclic) bond motifs is 1. The van der Waals surface area contributed by atoms with Gasteiger partial charge in [0.2, 0.25) is 10.9 Å². The van der Waals surface area contributed by atoms with Gasteiger partial charge in [0.1, 0.15) is 6.33 Å². The van der Waals surface area contributed by atoms with Crippen LogP contribution >= 0.6 is 0 Å². The van der Waals surface area contributed by atoms with Gasteiger partial charge >= 0.3 is 0 Å². The Bertz CT molecular complexity index is 1080. The summed E-state index contributed by atoms with van der Waals surface area (Å²) in [6, 6.07) is 6.94. The van der Waals surface area contributed by atoms with Gasteiger partial charge in [-0.1, -0.05) is 0 Å². The van der Waals surface area contributed by atoms with Gasteiger partial charge in [0.25, 0.3) is 0 Å². The average Bonchev–Trinajstić information content (AvgIpc) is 2.66. The van der Waals surface area contributed by atoms with E-state index in [0.29, 0.717) is 29.3 Å². The summed E-state index contributed by atoms with van der Waals surface area (Å²) in [5.74, 6) is -2.99. The third kappa shape index (κ3) is 4.50. The molecule has 3 rings (SSSR count). The van der Waals surface area contributed by atoms with Crippen LogP contribution in [0.4, 0.5) is 8.78 Å². The highest BCUT2D eigenvalue weighted by atomic mass is 32.2. The van der Waals surface area contributed by atoms with Crippen LogP contribution in [-0.4, -0.2) is 30.7 Å². The van der Waals surface area contributed by atoms with Gasteiger partial charge in [0, 0.05) is 23.7 Å². The zero-order valence-electron chi connectivity index (χ0n) is 14.0. The first-order valence-electron chi connectivity index (χ1n) is 8.06. The molecule has 0 unspecified atom stereocenters. The van der Waals surface area contributed by atoms with Crippen LogP contribution in [0.2, 0.25) is 0 Å². The molecular weight excluding hydrogens is 376 g/mol. The van der Waals surface area contributed by atoms with Gasteiger partial charge in [-0.2, -0.15) is 0 Å². The van der Waals surface area contributed by atoms with E-state index in [4.69, 9.17) is 0 Å². The topological polar surface area (TPSA) is 89.0 Å². The number of hydrogen-bond acceptors (Lipinski definition) is 5. The number of nitrogens with zero attached hydrogens (tertiary/aromatic N) is 2. The second kappa shape index (κ2) is 8.28. The lowest BCUT2D eigenvalue weighted by Crippen LogP contribution is -2.13. The monoisotopic (exact) mass is 391 g/mol. The molecule has 0 saturated carbocycles. The number of carbonyl (C=O) groups is 1. The van der Waals surface area contributed by atoms with Crippen molar-refractivity contribution in [2.24, 2.45) is 0 Å². The Labute approximate surface area is 155 Å². The molecule has 3 aromatic rings. The van der Waals surface area contributed by atoms with Crippen molar-refractivity contribution in [1.82, 2.24) is 14.7 Å². The van der Waals surface area contributed by atoms with Gasteiger partial charge in [0.05, 0.1) is 11.1 Å². The molecule has 0 radical (unpaired) electrons. The van der Waals surface area contributed by atoms with Crippen molar-refractivity contribution in [3.63, 3.8) is 0 Å². The van der Waals surface area contributed by atoms with Crippen LogP contribution in [0.5, 0.6) is 0 Å². The number of aryl methyl sites for hydroxylation is 1. The van der Waals surface area contributed by atoms with E-state index in [1.807, 2.05) is 0 Å². The molecule has 1 heterocycles. The lowest BCUT2D eigenvalue weighted by molar-refractivity contribution is 0.103. The number of hydrogen-bond donors (Lipinski definition) is 2. The predicted octanol–water partition coefficient (Wildman–Crippen LogP) is 2.19. The van der Waals surface area contributed by atoms with Crippen molar-refractivity contribution in [1.29, 1.82) is 0 Å². The fourth-order valence-electron chi connectivity index (χ4n) is 2.70. The van der Waals surface area contributed by atoms with Gasteiger partial charge in [-0.3, -0.25) is 4.79 Å². The summed E-state index contributed by atoms with van der Waals surface area (Å²) in [6.45, 7) is 0.172. The summed E-state index contributed by atoms with van der Waals surface area (Å²) >= 11 is 0. The number of rotatable bonds is 7. The summed E-state index contributed by atoms with van der Waals surface area (Å²) in [4.78, 5) is 20.6. The van der Waals surface area contributed by atoms with E-state index in [-0.39, 0.29) is 17.7 Å². The number of benzene rings is 2. The SMILES string of the molecule is O=C(c1ccc2ncncc2c1)c1cc(CCCN[SH](=O)=O)cc(F)c1F. The van der Waals surface area contributed by atoms with E-state index in [1.54, 1.807) is 6.07 Å². The second-order valence-corrected chi connectivity index (χ2v) is 6.66. The summed E-state index contributed by atoms with van der Waals surface area (Å²) < 4.78 is 51.3. The fraction of sp³-hybridized carbons (Fsp3) is 0.167. The molecule has 0 atom stereocenters. The van der Waals surface area contributed by atoms with E-state index in [1.165, 1.54) is 30.7 Å². The van der Waals surface area contributed by atoms with Gasteiger partial charge in [0.15, 0.2) is 17.4 Å². The van der Waals surface area contributed by atoms with Crippen LogP contribution in [0.1, 0.15) is 27.9 Å². The molecule has 0 aliphatic rings. The van der Waals surface area contributed by atoms with Crippen molar-refractivity contribution in [3.8, 4) is 0 Å². The van der Waals surface area contributed by atoms with E-state index >= 15 is 0 Å². The summed E-state index contributed by atoms with van der Waals surface area (Å²) in [7, 11) is -2.70. The smallest absolute Gasteiger partial charge is 0.201 e. The lowest BCUT2D eigenvalue weighted by Gasteiger charge is -2.08. The van der Waals surface area contributed by atoms with E-state index in [0.717, 1.165) is 6.07 Å². The number of halogens is 2. The molecule has 9 heteroatoms. The van der Waals surface area contributed by atoms with Gasteiger partial charge in [-0.15, -0.1) is 0 Å². The Morgan fingerprint density at radius 1 is 1.15 bits per heavy atom. The van der Waals surface area contributed by atoms with E-state index in [2.05, 4.69) is 14.7 Å². The van der Waals surface area contributed by atoms with Crippen LogP contribution in [0.3, 0.4) is 0 Å². The Hall–Kier alpha value is -2.78. The minimum atomic E-state index is -2.70. The molecule has 6 nitrogen and oxygen atoms in total. The predicted molar refractivity (Wildman–Crippen MR) is 96.0 cm³/mol. The maximum absolute atomic E-state index is 14.2. The second-order valence-electron chi connectivity index (χ2n) is 5.83. The van der Waals surface area contributed by atoms with Crippen LogP contribution in [0.25, 0.3) is 10.9 Å². The Balaban J connectivity index is 1.88. The van der Waals surface area contributed by atoms with Crippen molar-refractivity contribution in [2.45, 2.75) is 12.8 Å². The minimum absolute atomic E-state index is 0.172. The van der Waals surface area contributed by atoms with Gasteiger partial charge < -0.3 is 0 Å². The standard InChI is InChI=1S/C18H15F2N3O3S/c19-15-7-11(2-1-5-23-27(25)26)6-14(17(15)20)18(24)12-3-4-16-13(8-12)9-21-10-22-16/h3-4,6-10,27H,1-2,5H2,(H,23,25,26). The third-order valence-electron chi connectivity index (χ3n) is 3.98. The quantitative estimate of drug-likeness (QED) is 0.366. The summed E-state index contributed by atoms with van der Waals surface area (Å²) in [6.07, 6.45) is 3.58.